The monoisotopic (exact) mass is 326 g/mol. The summed E-state index contributed by atoms with van der Waals surface area (Å²) in [6.45, 7) is 0.948. The van der Waals surface area contributed by atoms with Gasteiger partial charge >= 0.3 is 0 Å². The van der Waals surface area contributed by atoms with Crippen molar-refractivity contribution in [1.29, 1.82) is 0 Å². The Morgan fingerprint density at radius 3 is 2.25 bits per heavy atom. The molecule has 2 aromatic rings. The lowest BCUT2D eigenvalue weighted by Crippen LogP contribution is -2.34. The van der Waals surface area contributed by atoms with Gasteiger partial charge in [0.2, 0.25) is 0 Å². The van der Waals surface area contributed by atoms with Crippen LogP contribution in [-0.4, -0.2) is 35.8 Å². The number of ketones is 1. The Hall–Kier alpha value is -2.66. The fourth-order valence-corrected chi connectivity index (χ4v) is 2.73. The fourth-order valence-electron chi connectivity index (χ4n) is 2.73. The van der Waals surface area contributed by atoms with Gasteiger partial charge < -0.3 is 0 Å². The average Bonchev–Trinajstić information content (AvgIpc) is 2.52. The van der Waals surface area contributed by atoms with Crippen molar-refractivity contribution < 1.29 is 13.6 Å². The zero-order valence-corrected chi connectivity index (χ0v) is 13.2. The molecule has 1 aromatic carbocycles. The maximum atomic E-state index is 13.3. The molecule has 0 bridgehead atoms. The van der Waals surface area contributed by atoms with E-state index in [0.29, 0.717) is 29.8 Å². The number of piperidine rings is 1. The molecule has 2 heterocycles. The van der Waals surface area contributed by atoms with E-state index in [0.717, 1.165) is 11.6 Å². The molecule has 0 radical (unpaired) electrons. The number of pyridine rings is 1. The van der Waals surface area contributed by atoms with Gasteiger partial charge in [-0.1, -0.05) is 6.07 Å². The van der Waals surface area contributed by atoms with Crippen molar-refractivity contribution in [2.45, 2.75) is 0 Å². The highest BCUT2D eigenvalue weighted by Crippen LogP contribution is 2.21. The SMILES string of the molecule is CN1C/C(=C\c2cccnc2)C(=O)/C(=C/c2cc(F)cc(F)c2)C1. The predicted molar refractivity (Wildman–Crippen MR) is 89.1 cm³/mol. The molecule has 0 unspecified atom stereocenters. The molecule has 1 aliphatic heterocycles. The van der Waals surface area contributed by atoms with Crippen molar-refractivity contribution in [3.05, 3.63) is 76.6 Å². The topological polar surface area (TPSA) is 33.2 Å². The number of nitrogens with zero attached hydrogens (tertiary/aromatic N) is 2. The first-order valence-electron chi connectivity index (χ1n) is 7.52. The van der Waals surface area contributed by atoms with E-state index >= 15 is 0 Å². The summed E-state index contributed by atoms with van der Waals surface area (Å²) in [4.78, 5) is 18.7. The number of rotatable bonds is 2. The Morgan fingerprint density at radius 1 is 1.04 bits per heavy atom. The number of hydrogen-bond acceptors (Lipinski definition) is 3. The standard InChI is InChI=1S/C19H16F2N2O/c1-23-11-15(5-13-3-2-4-22-10-13)19(24)16(12-23)6-14-7-17(20)9-18(21)8-14/h2-10H,11-12H2,1H3/b15-5+,16-6+. The number of aromatic nitrogens is 1. The molecule has 3 rings (SSSR count). The maximum absolute atomic E-state index is 13.3. The predicted octanol–water partition coefficient (Wildman–Crippen LogP) is 3.34. The molecule has 1 saturated heterocycles. The third kappa shape index (κ3) is 3.81. The lowest BCUT2D eigenvalue weighted by atomic mass is 9.95. The van der Waals surface area contributed by atoms with Crippen LogP contribution in [0.4, 0.5) is 8.78 Å². The first-order chi connectivity index (χ1) is 11.5. The molecule has 0 N–H and O–H groups in total. The summed E-state index contributed by atoms with van der Waals surface area (Å²) in [7, 11) is 1.89. The molecule has 1 aliphatic rings. The smallest absolute Gasteiger partial charge is 0.187 e. The van der Waals surface area contributed by atoms with Gasteiger partial charge in [-0.15, -0.1) is 0 Å². The second-order valence-corrected chi connectivity index (χ2v) is 5.83. The Balaban J connectivity index is 1.95. The highest BCUT2D eigenvalue weighted by atomic mass is 19.1. The normalized spacial score (nSPS) is 19.2. The molecule has 3 nitrogen and oxygen atoms in total. The molecule has 0 saturated carbocycles. The second-order valence-electron chi connectivity index (χ2n) is 5.83. The number of benzene rings is 1. The van der Waals surface area contributed by atoms with E-state index in [1.807, 2.05) is 18.0 Å². The number of hydrogen-bond donors (Lipinski definition) is 0. The van der Waals surface area contributed by atoms with E-state index in [1.54, 1.807) is 30.6 Å². The van der Waals surface area contributed by atoms with E-state index in [2.05, 4.69) is 4.98 Å². The lowest BCUT2D eigenvalue weighted by molar-refractivity contribution is -0.113. The molecule has 1 fully saturated rings. The second kappa shape index (κ2) is 6.84. The quantitative estimate of drug-likeness (QED) is 0.794. The third-order valence-corrected chi connectivity index (χ3v) is 3.71. The molecule has 0 aliphatic carbocycles. The van der Waals surface area contributed by atoms with Gasteiger partial charge in [0.1, 0.15) is 11.6 Å². The van der Waals surface area contributed by atoms with Crippen LogP contribution >= 0.6 is 0 Å². The lowest BCUT2D eigenvalue weighted by Gasteiger charge is -2.26. The number of likely N-dealkylation sites (N-methyl/N-ethyl adjacent to an activating group) is 1. The number of likely N-dealkylation sites (tertiary alicyclic amines) is 1. The van der Waals surface area contributed by atoms with Crippen molar-refractivity contribution in [3.8, 4) is 0 Å². The van der Waals surface area contributed by atoms with Crippen LogP contribution < -0.4 is 0 Å². The summed E-state index contributed by atoms with van der Waals surface area (Å²) in [5.41, 5.74) is 2.31. The van der Waals surface area contributed by atoms with Crippen LogP contribution in [0.2, 0.25) is 0 Å². The van der Waals surface area contributed by atoms with Gasteiger partial charge in [0, 0.05) is 42.7 Å². The van der Waals surface area contributed by atoms with E-state index in [1.165, 1.54) is 12.1 Å². The van der Waals surface area contributed by atoms with E-state index in [9.17, 15) is 13.6 Å². The van der Waals surface area contributed by atoms with Gasteiger partial charge in [-0.3, -0.25) is 14.7 Å². The number of carbonyl (C=O) groups excluding carboxylic acids is 1. The first-order valence-corrected chi connectivity index (χ1v) is 7.52. The molecular weight excluding hydrogens is 310 g/mol. The average molecular weight is 326 g/mol. The minimum Gasteiger partial charge on any atom is -0.298 e. The Kier molecular flexibility index (Phi) is 4.62. The van der Waals surface area contributed by atoms with Crippen LogP contribution in [0.3, 0.4) is 0 Å². The molecule has 122 valence electrons. The molecule has 0 amide bonds. The zero-order chi connectivity index (χ0) is 17.1. The Labute approximate surface area is 138 Å². The number of carbonyl (C=O) groups is 1. The van der Waals surface area contributed by atoms with Crippen LogP contribution in [0.15, 0.2) is 53.9 Å². The third-order valence-electron chi connectivity index (χ3n) is 3.71. The van der Waals surface area contributed by atoms with Crippen molar-refractivity contribution in [2.24, 2.45) is 0 Å². The zero-order valence-electron chi connectivity index (χ0n) is 13.2. The minimum absolute atomic E-state index is 0.110. The summed E-state index contributed by atoms with van der Waals surface area (Å²) in [6, 6.07) is 6.90. The first kappa shape index (κ1) is 16.2. The van der Waals surface area contributed by atoms with Crippen molar-refractivity contribution in [3.63, 3.8) is 0 Å². The Morgan fingerprint density at radius 2 is 1.67 bits per heavy atom. The van der Waals surface area contributed by atoms with Crippen LogP contribution in [0.25, 0.3) is 12.2 Å². The minimum atomic E-state index is -0.662. The highest BCUT2D eigenvalue weighted by molar-refractivity contribution is 6.14. The molecule has 0 atom stereocenters. The van der Waals surface area contributed by atoms with Gasteiger partial charge in [0.05, 0.1) is 0 Å². The van der Waals surface area contributed by atoms with Crippen molar-refractivity contribution in [1.82, 2.24) is 9.88 Å². The van der Waals surface area contributed by atoms with Gasteiger partial charge in [0.15, 0.2) is 5.78 Å². The molecular formula is C19H16F2N2O. The summed E-state index contributed by atoms with van der Waals surface area (Å²) < 4.78 is 26.7. The van der Waals surface area contributed by atoms with E-state index < -0.39 is 11.6 Å². The van der Waals surface area contributed by atoms with Gasteiger partial charge in [-0.25, -0.2) is 8.78 Å². The molecule has 1 aromatic heterocycles. The van der Waals surface area contributed by atoms with Gasteiger partial charge in [0.25, 0.3) is 0 Å². The largest absolute Gasteiger partial charge is 0.298 e. The summed E-state index contributed by atoms with van der Waals surface area (Å²) in [5.74, 6) is -1.43. The van der Waals surface area contributed by atoms with Gasteiger partial charge in [-0.2, -0.15) is 0 Å². The van der Waals surface area contributed by atoms with Crippen LogP contribution in [0, 0.1) is 11.6 Å². The molecule has 5 heteroatoms. The molecule has 0 spiro atoms. The van der Waals surface area contributed by atoms with Gasteiger partial charge in [-0.05, 0) is 48.5 Å². The fraction of sp³-hybridized carbons (Fsp3) is 0.158. The Bertz CT molecular complexity index is 808. The van der Waals surface area contributed by atoms with Crippen LogP contribution in [0.1, 0.15) is 11.1 Å². The van der Waals surface area contributed by atoms with Crippen molar-refractivity contribution >= 4 is 17.9 Å². The van der Waals surface area contributed by atoms with Crippen LogP contribution in [-0.2, 0) is 4.79 Å². The van der Waals surface area contributed by atoms with Crippen molar-refractivity contribution in [2.75, 3.05) is 20.1 Å². The summed E-state index contributed by atoms with van der Waals surface area (Å²) >= 11 is 0. The summed E-state index contributed by atoms with van der Waals surface area (Å²) in [6.07, 6.45) is 6.69. The maximum Gasteiger partial charge on any atom is 0.187 e. The van der Waals surface area contributed by atoms with E-state index in [4.69, 9.17) is 0 Å². The number of Topliss-reactive ketones (excluding diaryl/α,β-unsaturated/α-hetero) is 1. The van der Waals surface area contributed by atoms with E-state index in [-0.39, 0.29) is 5.78 Å². The highest BCUT2D eigenvalue weighted by Gasteiger charge is 2.24. The number of halogens is 2. The molecule has 24 heavy (non-hydrogen) atoms. The summed E-state index contributed by atoms with van der Waals surface area (Å²) in [5, 5.41) is 0. The van der Waals surface area contributed by atoms with Crippen LogP contribution in [0.5, 0.6) is 0 Å².